The van der Waals surface area contributed by atoms with Crippen molar-refractivity contribution in [3.05, 3.63) is 0 Å². The van der Waals surface area contributed by atoms with E-state index >= 15 is 0 Å². The number of hydrogen-bond acceptors (Lipinski definition) is 3. The zero-order chi connectivity index (χ0) is 13.3. The predicted molar refractivity (Wildman–Crippen MR) is 76.0 cm³/mol. The van der Waals surface area contributed by atoms with Crippen molar-refractivity contribution in [2.24, 2.45) is 0 Å². The van der Waals surface area contributed by atoms with Crippen molar-refractivity contribution in [3.63, 3.8) is 0 Å². The lowest BCUT2D eigenvalue weighted by Gasteiger charge is -2.34. The van der Waals surface area contributed by atoms with Gasteiger partial charge in [-0.1, -0.05) is 13.3 Å². The number of rotatable bonds is 3. The van der Waals surface area contributed by atoms with Gasteiger partial charge in [-0.2, -0.15) is 0 Å². The van der Waals surface area contributed by atoms with E-state index in [0.717, 1.165) is 32.2 Å². The van der Waals surface area contributed by atoms with Gasteiger partial charge < -0.3 is 10.6 Å². The summed E-state index contributed by atoms with van der Waals surface area (Å²) in [6.45, 7) is 5.51. The summed E-state index contributed by atoms with van der Waals surface area (Å²) >= 11 is 0. The number of nitrogens with one attached hydrogen (secondary N) is 2. The van der Waals surface area contributed by atoms with Crippen LogP contribution in [-0.2, 0) is 4.79 Å². The summed E-state index contributed by atoms with van der Waals surface area (Å²) in [5, 5.41) is 6.81. The molecule has 0 saturated carbocycles. The molecule has 0 aromatic carbocycles. The second-order valence-corrected chi connectivity index (χ2v) is 6.43. The highest BCUT2D eigenvalue weighted by atomic mass is 16.2. The van der Waals surface area contributed by atoms with E-state index in [1.165, 1.54) is 32.4 Å². The van der Waals surface area contributed by atoms with Crippen LogP contribution in [-0.4, -0.2) is 48.1 Å². The molecule has 3 atom stereocenters. The van der Waals surface area contributed by atoms with Crippen LogP contribution >= 0.6 is 0 Å². The van der Waals surface area contributed by atoms with Gasteiger partial charge in [0.1, 0.15) is 0 Å². The molecule has 3 unspecified atom stereocenters. The van der Waals surface area contributed by atoms with Crippen LogP contribution < -0.4 is 10.6 Å². The van der Waals surface area contributed by atoms with Gasteiger partial charge in [-0.3, -0.25) is 9.69 Å². The van der Waals surface area contributed by atoms with Crippen molar-refractivity contribution in [3.8, 4) is 0 Å². The van der Waals surface area contributed by atoms with Crippen molar-refractivity contribution in [2.45, 2.75) is 69.5 Å². The van der Waals surface area contributed by atoms with Crippen molar-refractivity contribution < 1.29 is 4.79 Å². The van der Waals surface area contributed by atoms with E-state index in [1.807, 2.05) is 0 Å². The maximum atomic E-state index is 12.6. The van der Waals surface area contributed by atoms with E-state index in [4.69, 9.17) is 0 Å². The normalized spacial score (nSPS) is 39.2. The average Bonchev–Trinajstić information content (AvgIpc) is 3.07. The Morgan fingerprint density at radius 2 is 2.21 bits per heavy atom. The molecule has 0 bridgehead atoms. The molecule has 3 rings (SSSR count). The Hall–Kier alpha value is -0.610. The predicted octanol–water partition coefficient (Wildman–Crippen LogP) is 1.26. The van der Waals surface area contributed by atoms with Gasteiger partial charge in [-0.25, -0.2) is 0 Å². The highest BCUT2D eigenvalue weighted by Gasteiger charge is 2.43. The standard InChI is InChI=1S/C15H27N3O/c1-2-15(8-5-9-16-15)14(19)17-12-7-11-18-10-4-3-6-13(12)18/h12-13,16H,2-11H2,1H3,(H,17,19). The van der Waals surface area contributed by atoms with Gasteiger partial charge in [-0.15, -0.1) is 0 Å². The molecule has 3 aliphatic heterocycles. The minimum Gasteiger partial charge on any atom is -0.350 e. The zero-order valence-corrected chi connectivity index (χ0v) is 12.1. The lowest BCUT2D eigenvalue weighted by atomic mass is 9.91. The first-order valence-electron chi connectivity index (χ1n) is 8.05. The van der Waals surface area contributed by atoms with Crippen LogP contribution in [0.4, 0.5) is 0 Å². The Morgan fingerprint density at radius 3 is 2.95 bits per heavy atom. The summed E-state index contributed by atoms with van der Waals surface area (Å²) in [6.07, 6.45) is 8.08. The van der Waals surface area contributed by atoms with Crippen LogP contribution in [0, 0.1) is 0 Å². The van der Waals surface area contributed by atoms with Crippen LogP contribution in [0.2, 0.25) is 0 Å². The van der Waals surface area contributed by atoms with Gasteiger partial charge in [0.05, 0.1) is 5.54 Å². The zero-order valence-electron chi connectivity index (χ0n) is 12.1. The van der Waals surface area contributed by atoms with E-state index in [1.54, 1.807) is 0 Å². The molecule has 1 amide bonds. The largest absolute Gasteiger partial charge is 0.350 e. The molecule has 3 heterocycles. The van der Waals surface area contributed by atoms with Crippen LogP contribution in [0.1, 0.15) is 51.9 Å². The van der Waals surface area contributed by atoms with Gasteiger partial charge in [0.2, 0.25) is 5.91 Å². The summed E-state index contributed by atoms with van der Waals surface area (Å²) in [5.74, 6) is 0.255. The summed E-state index contributed by atoms with van der Waals surface area (Å²) < 4.78 is 0. The lowest BCUT2D eigenvalue weighted by molar-refractivity contribution is -0.128. The van der Waals surface area contributed by atoms with Gasteiger partial charge in [0.15, 0.2) is 0 Å². The third-order valence-electron chi connectivity index (χ3n) is 5.45. The SMILES string of the molecule is CCC1(C(=O)NC2CCN3CCCCC23)CCCN1. The number of hydrogen-bond donors (Lipinski definition) is 2. The minimum atomic E-state index is -0.276. The monoisotopic (exact) mass is 265 g/mol. The Balaban J connectivity index is 1.63. The summed E-state index contributed by atoms with van der Waals surface area (Å²) in [4.78, 5) is 15.2. The molecule has 3 saturated heterocycles. The first kappa shape index (κ1) is 13.4. The van der Waals surface area contributed by atoms with E-state index in [-0.39, 0.29) is 11.4 Å². The molecule has 0 aromatic rings. The molecule has 2 N–H and O–H groups in total. The minimum absolute atomic E-state index is 0.255. The molecule has 0 aliphatic carbocycles. The molecule has 0 aromatic heterocycles. The molecule has 4 heteroatoms. The quantitative estimate of drug-likeness (QED) is 0.807. The fraction of sp³-hybridized carbons (Fsp3) is 0.933. The van der Waals surface area contributed by atoms with Crippen LogP contribution in [0.3, 0.4) is 0 Å². The summed E-state index contributed by atoms with van der Waals surface area (Å²) in [5.41, 5.74) is -0.276. The number of amides is 1. The second-order valence-electron chi connectivity index (χ2n) is 6.43. The summed E-state index contributed by atoms with van der Waals surface area (Å²) in [6, 6.07) is 0.992. The Labute approximate surface area is 116 Å². The molecule has 4 nitrogen and oxygen atoms in total. The molecular formula is C15H27N3O. The average molecular weight is 265 g/mol. The highest BCUT2D eigenvalue weighted by Crippen LogP contribution is 2.29. The fourth-order valence-corrected chi connectivity index (χ4v) is 4.18. The number of fused-ring (bicyclic) bond motifs is 1. The molecule has 108 valence electrons. The van der Waals surface area contributed by atoms with E-state index < -0.39 is 0 Å². The molecule has 0 radical (unpaired) electrons. The van der Waals surface area contributed by atoms with Crippen molar-refractivity contribution >= 4 is 5.91 Å². The van der Waals surface area contributed by atoms with Crippen LogP contribution in [0.25, 0.3) is 0 Å². The molecule has 19 heavy (non-hydrogen) atoms. The number of carbonyl (C=O) groups is 1. The Morgan fingerprint density at radius 1 is 1.32 bits per heavy atom. The first-order chi connectivity index (χ1) is 9.25. The Kier molecular flexibility index (Phi) is 3.81. The Bertz CT molecular complexity index is 338. The van der Waals surface area contributed by atoms with Crippen LogP contribution in [0.5, 0.6) is 0 Å². The van der Waals surface area contributed by atoms with Crippen molar-refractivity contribution in [1.82, 2.24) is 15.5 Å². The smallest absolute Gasteiger partial charge is 0.240 e. The number of carbonyl (C=O) groups excluding carboxylic acids is 1. The lowest BCUT2D eigenvalue weighted by Crippen LogP contribution is -2.57. The van der Waals surface area contributed by atoms with Gasteiger partial charge in [-0.05, 0) is 51.6 Å². The number of piperidine rings is 1. The topological polar surface area (TPSA) is 44.4 Å². The third-order valence-corrected chi connectivity index (χ3v) is 5.45. The highest BCUT2D eigenvalue weighted by molar-refractivity contribution is 5.87. The maximum Gasteiger partial charge on any atom is 0.240 e. The van der Waals surface area contributed by atoms with E-state index in [9.17, 15) is 4.79 Å². The van der Waals surface area contributed by atoms with E-state index in [2.05, 4.69) is 22.5 Å². The van der Waals surface area contributed by atoms with Gasteiger partial charge in [0, 0.05) is 18.6 Å². The maximum absolute atomic E-state index is 12.6. The first-order valence-corrected chi connectivity index (χ1v) is 8.05. The third kappa shape index (κ3) is 2.40. The second kappa shape index (κ2) is 5.41. The molecule has 3 fully saturated rings. The number of nitrogens with zero attached hydrogens (tertiary/aromatic N) is 1. The van der Waals surface area contributed by atoms with E-state index in [0.29, 0.717) is 12.1 Å². The van der Waals surface area contributed by atoms with Gasteiger partial charge >= 0.3 is 0 Å². The molecule has 0 spiro atoms. The van der Waals surface area contributed by atoms with Crippen molar-refractivity contribution in [2.75, 3.05) is 19.6 Å². The van der Waals surface area contributed by atoms with Gasteiger partial charge in [0.25, 0.3) is 0 Å². The van der Waals surface area contributed by atoms with Crippen LogP contribution in [0.15, 0.2) is 0 Å². The molecule has 3 aliphatic rings. The fourth-order valence-electron chi connectivity index (χ4n) is 4.18. The van der Waals surface area contributed by atoms with Crippen molar-refractivity contribution in [1.29, 1.82) is 0 Å². The molecular weight excluding hydrogens is 238 g/mol. The summed E-state index contributed by atoms with van der Waals surface area (Å²) in [7, 11) is 0.